The van der Waals surface area contributed by atoms with Crippen LogP contribution in [0.1, 0.15) is 5.82 Å². The van der Waals surface area contributed by atoms with Gasteiger partial charge in [0.25, 0.3) is 0 Å². The van der Waals surface area contributed by atoms with Gasteiger partial charge in [-0.15, -0.1) is 0 Å². The lowest BCUT2D eigenvalue weighted by molar-refractivity contribution is -0.769. The highest BCUT2D eigenvalue weighted by Gasteiger charge is 2.33. The van der Waals surface area contributed by atoms with E-state index in [4.69, 9.17) is 5.11 Å². The third-order valence-electron chi connectivity index (χ3n) is 2.89. The number of aromatic nitrogens is 2. The molecule has 92 valence electrons. The fourth-order valence-corrected chi connectivity index (χ4v) is 1.92. The molecule has 2 atom stereocenters. The lowest BCUT2D eigenvalue weighted by Gasteiger charge is -2.28. The molecule has 6 heteroatoms. The molecular weight excluding hydrogens is 220 g/mol. The predicted molar refractivity (Wildman–Crippen MR) is 63.0 cm³/mol. The maximum atomic E-state index is 9.55. The molecule has 0 radical (unpaired) electrons. The number of H-pyrrole nitrogens is 1. The number of likely N-dealkylation sites (N-methyl/N-ethyl adjacent to an activating group) is 1. The van der Waals surface area contributed by atoms with E-state index in [0.29, 0.717) is 17.4 Å². The van der Waals surface area contributed by atoms with E-state index in [0.717, 1.165) is 11.7 Å². The topological polar surface area (TPSA) is 81.5 Å². The van der Waals surface area contributed by atoms with Crippen LogP contribution in [0.15, 0.2) is 29.8 Å². The van der Waals surface area contributed by atoms with E-state index in [1.807, 2.05) is 13.2 Å². The maximum absolute atomic E-state index is 9.55. The second kappa shape index (κ2) is 4.79. The third-order valence-corrected chi connectivity index (χ3v) is 2.89. The Bertz CT molecular complexity index is 427. The monoisotopic (exact) mass is 237 g/mol. The molecule has 17 heavy (non-hydrogen) atoms. The number of imidazole rings is 1. The number of rotatable bonds is 5. The van der Waals surface area contributed by atoms with E-state index in [1.165, 1.54) is 0 Å². The number of hydrogen-bond donors (Lipinski definition) is 3. The SMILES string of the molecule is C[N+]1(CC(O)CO)C=CN=C1Cc1ncc[nH]1. The molecule has 1 aromatic heterocycles. The molecule has 0 fully saturated rings. The first-order valence-electron chi connectivity index (χ1n) is 5.51. The summed E-state index contributed by atoms with van der Waals surface area (Å²) in [5, 5.41) is 18.5. The Kier molecular flexibility index (Phi) is 3.37. The number of nitrogens with one attached hydrogen (secondary N) is 1. The summed E-state index contributed by atoms with van der Waals surface area (Å²) < 4.78 is 0.405. The predicted octanol–water partition coefficient (Wildman–Crippen LogP) is -0.365. The lowest BCUT2D eigenvalue weighted by atomic mass is 10.2. The molecule has 6 nitrogen and oxygen atoms in total. The number of amidine groups is 1. The van der Waals surface area contributed by atoms with E-state index >= 15 is 0 Å². The van der Waals surface area contributed by atoms with Crippen LogP contribution in [0, 0.1) is 0 Å². The summed E-state index contributed by atoms with van der Waals surface area (Å²) >= 11 is 0. The van der Waals surface area contributed by atoms with Crippen molar-refractivity contribution in [3.8, 4) is 0 Å². The van der Waals surface area contributed by atoms with Gasteiger partial charge in [0.05, 0.1) is 19.9 Å². The Morgan fingerprint density at radius 1 is 1.53 bits per heavy atom. The van der Waals surface area contributed by atoms with Crippen molar-refractivity contribution >= 4 is 5.84 Å². The Morgan fingerprint density at radius 2 is 2.35 bits per heavy atom. The van der Waals surface area contributed by atoms with Crippen LogP contribution in [0.2, 0.25) is 0 Å². The molecule has 2 rings (SSSR count). The summed E-state index contributed by atoms with van der Waals surface area (Å²) in [6, 6.07) is 0. The first kappa shape index (κ1) is 12.0. The highest BCUT2D eigenvalue weighted by Crippen LogP contribution is 2.17. The van der Waals surface area contributed by atoms with Crippen molar-refractivity contribution in [2.45, 2.75) is 12.5 Å². The van der Waals surface area contributed by atoms with Gasteiger partial charge in [-0.3, -0.25) is 4.48 Å². The van der Waals surface area contributed by atoms with Gasteiger partial charge in [0.15, 0.2) is 0 Å². The Balaban J connectivity index is 2.07. The number of aliphatic hydroxyl groups is 2. The van der Waals surface area contributed by atoms with Gasteiger partial charge in [-0.2, -0.15) is 0 Å². The summed E-state index contributed by atoms with van der Waals surface area (Å²) in [5.41, 5.74) is 0. The maximum Gasteiger partial charge on any atom is 0.215 e. The minimum atomic E-state index is -0.746. The molecule has 0 spiro atoms. The lowest BCUT2D eigenvalue weighted by Crippen LogP contribution is -2.49. The van der Waals surface area contributed by atoms with Crippen molar-refractivity contribution in [1.29, 1.82) is 0 Å². The minimum absolute atomic E-state index is 0.240. The molecule has 0 saturated carbocycles. The van der Waals surface area contributed by atoms with Crippen molar-refractivity contribution in [2.24, 2.45) is 4.99 Å². The van der Waals surface area contributed by atoms with Crippen LogP contribution in [-0.4, -0.2) is 56.8 Å². The van der Waals surface area contributed by atoms with E-state index in [9.17, 15) is 5.11 Å². The molecule has 3 N–H and O–H groups in total. The van der Waals surface area contributed by atoms with Gasteiger partial charge >= 0.3 is 0 Å². The number of aromatic amines is 1. The van der Waals surface area contributed by atoms with Gasteiger partial charge in [0.1, 0.15) is 31.1 Å². The quantitative estimate of drug-likeness (QED) is 0.611. The zero-order valence-corrected chi connectivity index (χ0v) is 9.74. The van der Waals surface area contributed by atoms with E-state index < -0.39 is 6.10 Å². The van der Waals surface area contributed by atoms with Crippen molar-refractivity contribution in [3.05, 3.63) is 30.6 Å². The van der Waals surface area contributed by atoms with Crippen LogP contribution >= 0.6 is 0 Å². The molecule has 2 unspecified atom stereocenters. The van der Waals surface area contributed by atoms with Crippen LogP contribution in [0.25, 0.3) is 0 Å². The average molecular weight is 237 g/mol. The molecule has 0 saturated heterocycles. The second-order valence-electron chi connectivity index (χ2n) is 4.34. The van der Waals surface area contributed by atoms with E-state index in [1.54, 1.807) is 18.6 Å². The average Bonchev–Trinajstić information content (AvgIpc) is 2.91. The van der Waals surface area contributed by atoms with Crippen molar-refractivity contribution in [3.63, 3.8) is 0 Å². The van der Waals surface area contributed by atoms with E-state index in [-0.39, 0.29) is 6.61 Å². The minimum Gasteiger partial charge on any atom is -0.393 e. The van der Waals surface area contributed by atoms with Gasteiger partial charge < -0.3 is 15.2 Å². The normalized spacial score (nSPS) is 25.0. The fraction of sp³-hybridized carbons (Fsp3) is 0.455. The van der Waals surface area contributed by atoms with Crippen LogP contribution in [0.4, 0.5) is 0 Å². The molecule has 0 aromatic carbocycles. The Labute approximate surface area is 99.5 Å². The number of aliphatic hydroxyl groups excluding tert-OH is 2. The van der Waals surface area contributed by atoms with Gasteiger partial charge in [-0.1, -0.05) is 0 Å². The highest BCUT2D eigenvalue weighted by molar-refractivity contribution is 5.79. The Morgan fingerprint density at radius 3 is 3.00 bits per heavy atom. The van der Waals surface area contributed by atoms with Crippen molar-refractivity contribution < 1.29 is 14.7 Å². The zero-order valence-electron chi connectivity index (χ0n) is 9.74. The van der Waals surface area contributed by atoms with Gasteiger partial charge in [-0.05, 0) is 0 Å². The largest absolute Gasteiger partial charge is 0.393 e. The third kappa shape index (κ3) is 2.60. The fourth-order valence-electron chi connectivity index (χ4n) is 1.92. The molecule has 2 heterocycles. The molecule has 1 aliphatic heterocycles. The summed E-state index contributed by atoms with van der Waals surface area (Å²) in [7, 11) is 1.95. The standard InChI is InChI=1S/C11H17N4O2/c1-15(7-9(17)8-16)5-4-14-11(15)6-10-12-2-3-13-10/h2-5,9,16-17H,6-8H2,1H3,(H,12,13)/q+1. The molecule has 0 amide bonds. The summed E-state index contributed by atoms with van der Waals surface area (Å²) in [4.78, 5) is 11.5. The van der Waals surface area contributed by atoms with Gasteiger partial charge in [-0.25, -0.2) is 9.98 Å². The van der Waals surface area contributed by atoms with Gasteiger partial charge in [0, 0.05) is 12.4 Å². The first-order chi connectivity index (χ1) is 8.14. The molecule has 0 bridgehead atoms. The Hall–Kier alpha value is -1.50. The molecule has 0 aliphatic carbocycles. The van der Waals surface area contributed by atoms with Crippen LogP contribution < -0.4 is 0 Å². The zero-order chi connectivity index (χ0) is 12.3. The number of aliphatic imine (C=N–C) groups is 1. The molecular formula is C11H17N4O2+. The smallest absolute Gasteiger partial charge is 0.215 e. The van der Waals surface area contributed by atoms with Crippen molar-refractivity contribution in [2.75, 3.05) is 20.2 Å². The van der Waals surface area contributed by atoms with Crippen LogP contribution in [0.5, 0.6) is 0 Å². The number of nitrogens with zero attached hydrogens (tertiary/aromatic N) is 3. The van der Waals surface area contributed by atoms with Crippen LogP contribution in [0.3, 0.4) is 0 Å². The highest BCUT2D eigenvalue weighted by atomic mass is 16.3. The van der Waals surface area contributed by atoms with Crippen molar-refractivity contribution in [1.82, 2.24) is 9.97 Å². The summed E-state index contributed by atoms with van der Waals surface area (Å²) in [5.74, 6) is 1.74. The summed E-state index contributed by atoms with van der Waals surface area (Å²) in [6.07, 6.45) is 6.95. The summed E-state index contributed by atoms with van der Waals surface area (Å²) in [6.45, 7) is 0.169. The van der Waals surface area contributed by atoms with E-state index in [2.05, 4.69) is 15.0 Å². The second-order valence-corrected chi connectivity index (χ2v) is 4.34. The van der Waals surface area contributed by atoms with Crippen LogP contribution in [-0.2, 0) is 6.42 Å². The number of quaternary nitrogens is 1. The number of hydrogen-bond acceptors (Lipinski definition) is 4. The first-order valence-corrected chi connectivity index (χ1v) is 5.51. The van der Waals surface area contributed by atoms with Gasteiger partial charge in [0.2, 0.25) is 5.84 Å². The molecule has 1 aromatic rings. The molecule has 1 aliphatic rings.